The maximum Gasteiger partial charge on any atom is 0.217 e. The highest BCUT2D eigenvalue weighted by Gasteiger charge is 2.21. The van der Waals surface area contributed by atoms with E-state index in [0.717, 1.165) is 18.5 Å². The number of anilines is 1. The third kappa shape index (κ3) is 1.71. The van der Waals surface area contributed by atoms with Crippen LogP contribution >= 0.6 is 0 Å². The van der Waals surface area contributed by atoms with E-state index in [0.29, 0.717) is 0 Å². The van der Waals surface area contributed by atoms with Crippen LogP contribution in [0.15, 0.2) is 18.2 Å². The highest BCUT2D eigenvalue weighted by molar-refractivity contribution is 5.73. The number of nitrogens with one attached hydrogen (secondary N) is 1. The van der Waals surface area contributed by atoms with Crippen molar-refractivity contribution in [2.75, 3.05) is 5.73 Å². The Balaban J connectivity index is 2.14. The summed E-state index contributed by atoms with van der Waals surface area (Å²) in [5.41, 5.74) is 9.06. The van der Waals surface area contributed by atoms with Gasteiger partial charge in [0, 0.05) is 18.7 Å². The number of fused-ring (bicyclic) bond motifs is 1. The molecule has 0 heterocycles. The second kappa shape index (κ2) is 3.33. The molecular formula is C11H14N2O. The first kappa shape index (κ1) is 9.06. The van der Waals surface area contributed by atoms with Crippen LogP contribution in [0.3, 0.4) is 0 Å². The number of hydrogen-bond donors (Lipinski definition) is 2. The summed E-state index contributed by atoms with van der Waals surface area (Å²) in [7, 11) is 0. The van der Waals surface area contributed by atoms with Gasteiger partial charge in [-0.3, -0.25) is 4.79 Å². The molecule has 0 bridgehead atoms. The number of amides is 1. The van der Waals surface area contributed by atoms with Crippen LogP contribution < -0.4 is 11.1 Å². The lowest BCUT2D eigenvalue weighted by atomic mass is 10.1. The van der Waals surface area contributed by atoms with Crippen molar-refractivity contribution in [2.45, 2.75) is 25.8 Å². The molecule has 0 fully saturated rings. The summed E-state index contributed by atoms with van der Waals surface area (Å²) in [5, 5.41) is 2.93. The van der Waals surface area contributed by atoms with Gasteiger partial charge in [0.2, 0.25) is 5.91 Å². The summed E-state index contributed by atoms with van der Waals surface area (Å²) in [5.74, 6) is 0.0378. The van der Waals surface area contributed by atoms with Gasteiger partial charge in [-0.25, -0.2) is 0 Å². The van der Waals surface area contributed by atoms with Gasteiger partial charge in [0.1, 0.15) is 0 Å². The van der Waals surface area contributed by atoms with E-state index < -0.39 is 0 Å². The summed E-state index contributed by atoms with van der Waals surface area (Å²) in [6.07, 6.45) is 1.83. The van der Waals surface area contributed by atoms with Gasteiger partial charge in [-0.05, 0) is 36.1 Å². The zero-order chi connectivity index (χ0) is 10.1. The van der Waals surface area contributed by atoms with Crippen molar-refractivity contribution in [3.8, 4) is 0 Å². The molecule has 1 aliphatic carbocycles. The molecular weight excluding hydrogens is 176 g/mol. The molecule has 0 spiro atoms. The monoisotopic (exact) mass is 190 g/mol. The third-order valence-corrected chi connectivity index (χ3v) is 2.57. The van der Waals surface area contributed by atoms with Crippen molar-refractivity contribution in [3.05, 3.63) is 29.3 Å². The Hall–Kier alpha value is -1.51. The van der Waals surface area contributed by atoms with E-state index in [9.17, 15) is 4.79 Å². The predicted molar refractivity (Wildman–Crippen MR) is 55.9 cm³/mol. The number of carbonyl (C=O) groups is 1. The average Bonchev–Trinajstić information content (AvgIpc) is 2.44. The van der Waals surface area contributed by atoms with Gasteiger partial charge in [-0.2, -0.15) is 0 Å². The second-order valence-electron chi connectivity index (χ2n) is 3.83. The SMILES string of the molecule is CC(=O)NC1Cc2ccc(N)cc2C1. The second-order valence-corrected chi connectivity index (χ2v) is 3.83. The molecule has 1 aromatic carbocycles. The van der Waals surface area contributed by atoms with Crippen molar-refractivity contribution in [1.29, 1.82) is 0 Å². The maximum atomic E-state index is 10.9. The normalized spacial score (nSPS) is 19.1. The largest absolute Gasteiger partial charge is 0.399 e. The molecule has 14 heavy (non-hydrogen) atoms. The minimum atomic E-state index is 0.0378. The van der Waals surface area contributed by atoms with E-state index in [1.54, 1.807) is 6.92 Å². The first-order valence-corrected chi connectivity index (χ1v) is 4.79. The summed E-state index contributed by atoms with van der Waals surface area (Å²) in [6.45, 7) is 1.55. The van der Waals surface area contributed by atoms with Crippen LogP contribution in [-0.2, 0) is 17.6 Å². The highest BCUT2D eigenvalue weighted by atomic mass is 16.1. The van der Waals surface area contributed by atoms with Gasteiger partial charge in [-0.1, -0.05) is 6.07 Å². The van der Waals surface area contributed by atoms with Crippen molar-refractivity contribution in [1.82, 2.24) is 5.32 Å². The van der Waals surface area contributed by atoms with E-state index in [-0.39, 0.29) is 11.9 Å². The Labute approximate surface area is 83.3 Å². The molecule has 0 saturated carbocycles. The van der Waals surface area contributed by atoms with Crippen molar-refractivity contribution in [2.24, 2.45) is 0 Å². The molecule has 2 rings (SSSR count). The standard InChI is InChI=1S/C11H14N2O/c1-7(14)13-11-5-8-2-3-10(12)4-9(8)6-11/h2-4,11H,5-6,12H2,1H3,(H,13,14). The fraction of sp³-hybridized carbons (Fsp3) is 0.364. The Kier molecular flexibility index (Phi) is 2.15. The van der Waals surface area contributed by atoms with Gasteiger partial charge in [0.15, 0.2) is 0 Å². The van der Waals surface area contributed by atoms with Crippen LogP contribution in [-0.4, -0.2) is 11.9 Å². The quantitative estimate of drug-likeness (QED) is 0.646. The Morgan fingerprint density at radius 2 is 2.14 bits per heavy atom. The molecule has 0 aliphatic heterocycles. The Morgan fingerprint density at radius 3 is 2.86 bits per heavy atom. The van der Waals surface area contributed by atoms with Crippen LogP contribution in [0.25, 0.3) is 0 Å². The number of rotatable bonds is 1. The Morgan fingerprint density at radius 1 is 1.43 bits per heavy atom. The Bertz CT molecular complexity index is 374. The van der Waals surface area contributed by atoms with Gasteiger partial charge in [-0.15, -0.1) is 0 Å². The van der Waals surface area contributed by atoms with Crippen LogP contribution in [0.4, 0.5) is 5.69 Å². The number of nitrogen functional groups attached to an aromatic ring is 1. The van der Waals surface area contributed by atoms with Crippen LogP contribution in [0.2, 0.25) is 0 Å². The molecule has 0 aromatic heterocycles. The van der Waals surface area contributed by atoms with E-state index in [2.05, 4.69) is 5.32 Å². The lowest BCUT2D eigenvalue weighted by molar-refractivity contribution is -0.119. The maximum absolute atomic E-state index is 10.9. The van der Waals surface area contributed by atoms with E-state index in [1.807, 2.05) is 18.2 Å². The zero-order valence-corrected chi connectivity index (χ0v) is 8.21. The number of hydrogen-bond acceptors (Lipinski definition) is 2. The van der Waals surface area contributed by atoms with Crippen LogP contribution in [0, 0.1) is 0 Å². The third-order valence-electron chi connectivity index (χ3n) is 2.57. The number of carbonyl (C=O) groups excluding carboxylic acids is 1. The average molecular weight is 190 g/mol. The number of nitrogens with two attached hydrogens (primary N) is 1. The molecule has 1 atom stereocenters. The summed E-state index contributed by atoms with van der Waals surface area (Å²) < 4.78 is 0. The fourth-order valence-electron chi connectivity index (χ4n) is 2.03. The molecule has 3 nitrogen and oxygen atoms in total. The molecule has 74 valence electrons. The van der Waals surface area contributed by atoms with Crippen molar-refractivity contribution >= 4 is 11.6 Å². The zero-order valence-electron chi connectivity index (χ0n) is 8.21. The van der Waals surface area contributed by atoms with E-state index >= 15 is 0 Å². The molecule has 0 saturated heterocycles. The smallest absolute Gasteiger partial charge is 0.217 e. The molecule has 3 N–H and O–H groups in total. The number of benzene rings is 1. The minimum absolute atomic E-state index is 0.0378. The predicted octanol–water partition coefficient (Wildman–Crippen LogP) is 0.872. The molecule has 0 radical (unpaired) electrons. The first-order valence-electron chi connectivity index (χ1n) is 4.79. The minimum Gasteiger partial charge on any atom is -0.399 e. The molecule has 3 heteroatoms. The topological polar surface area (TPSA) is 55.1 Å². The highest BCUT2D eigenvalue weighted by Crippen LogP contribution is 2.24. The van der Waals surface area contributed by atoms with Gasteiger partial charge in [0.05, 0.1) is 0 Å². The fourth-order valence-corrected chi connectivity index (χ4v) is 2.03. The van der Waals surface area contributed by atoms with E-state index in [1.165, 1.54) is 11.1 Å². The van der Waals surface area contributed by atoms with Crippen LogP contribution in [0.1, 0.15) is 18.1 Å². The molecule has 1 unspecified atom stereocenters. The molecule has 1 aliphatic rings. The molecule has 1 aromatic rings. The van der Waals surface area contributed by atoms with Gasteiger partial charge < -0.3 is 11.1 Å². The lowest BCUT2D eigenvalue weighted by Crippen LogP contribution is -2.33. The molecule has 1 amide bonds. The van der Waals surface area contributed by atoms with Crippen molar-refractivity contribution in [3.63, 3.8) is 0 Å². The first-order chi connectivity index (χ1) is 6.65. The lowest BCUT2D eigenvalue weighted by Gasteiger charge is -2.08. The van der Waals surface area contributed by atoms with Crippen molar-refractivity contribution < 1.29 is 4.79 Å². The summed E-state index contributed by atoms with van der Waals surface area (Å²) in [4.78, 5) is 10.9. The van der Waals surface area contributed by atoms with E-state index in [4.69, 9.17) is 5.73 Å². The van der Waals surface area contributed by atoms with Gasteiger partial charge in [0.25, 0.3) is 0 Å². The van der Waals surface area contributed by atoms with Crippen LogP contribution in [0.5, 0.6) is 0 Å². The summed E-state index contributed by atoms with van der Waals surface area (Å²) in [6, 6.07) is 6.21. The summed E-state index contributed by atoms with van der Waals surface area (Å²) >= 11 is 0. The van der Waals surface area contributed by atoms with Gasteiger partial charge >= 0.3 is 0 Å².